The van der Waals surface area contributed by atoms with Crippen LogP contribution in [0.5, 0.6) is 0 Å². The zero-order chi connectivity index (χ0) is 34.4. The van der Waals surface area contributed by atoms with Gasteiger partial charge in [-0.1, -0.05) is 153 Å². The SMILES string of the molecule is c1ccc(N(c2ccc(-c3cccc4sc5ccccc5c34)cc2)c2cccc3ccccc23)c(-c2cccc3cccc(C4CCCCC4)c23)c1. The molecule has 0 radical (unpaired) electrons. The predicted octanol–water partition coefficient (Wildman–Crippen LogP) is 15.2. The summed E-state index contributed by atoms with van der Waals surface area (Å²) in [6.45, 7) is 0. The van der Waals surface area contributed by atoms with Gasteiger partial charge in [-0.15, -0.1) is 11.3 Å². The Morgan fingerprint density at radius 2 is 1.04 bits per heavy atom. The van der Waals surface area contributed by atoms with Gasteiger partial charge in [0.2, 0.25) is 0 Å². The summed E-state index contributed by atoms with van der Waals surface area (Å²) >= 11 is 1.88. The topological polar surface area (TPSA) is 3.24 Å². The number of anilines is 3. The van der Waals surface area contributed by atoms with Crippen LogP contribution in [0.3, 0.4) is 0 Å². The van der Waals surface area contributed by atoms with Crippen LogP contribution in [0.15, 0.2) is 170 Å². The van der Waals surface area contributed by atoms with Gasteiger partial charge in [-0.2, -0.15) is 0 Å². The van der Waals surface area contributed by atoms with E-state index in [0.717, 1.165) is 5.69 Å². The van der Waals surface area contributed by atoms with Crippen molar-refractivity contribution in [3.63, 3.8) is 0 Å². The molecule has 1 heterocycles. The molecule has 0 amide bonds. The summed E-state index contributed by atoms with van der Waals surface area (Å²) in [6, 6.07) is 63.2. The van der Waals surface area contributed by atoms with Crippen molar-refractivity contribution >= 4 is 70.1 Å². The molecular formula is C50H39NS. The van der Waals surface area contributed by atoms with E-state index in [1.807, 2.05) is 11.3 Å². The van der Waals surface area contributed by atoms with Crippen LogP contribution in [0.4, 0.5) is 17.1 Å². The summed E-state index contributed by atoms with van der Waals surface area (Å²) in [5, 5.41) is 7.88. The van der Waals surface area contributed by atoms with Crippen LogP contribution in [-0.2, 0) is 0 Å². The molecule has 250 valence electrons. The minimum atomic E-state index is 0.609. The Balaban J connectivity index is 1.18. The van der Waals surface area contributed by atoms with E-state index in [-0.39, 0.29) is 0 Å². The van der Waals surface area contributed by atoms with E-state index >= 15 is 0 Å². The van der Waals surface area contributed by atoms with Gasteiger partial charge in [-0.05, 0) is 93.6 Å². The van der Waals surface area contributed by atoms with Crippen molar-refractivity contribution in [2.75, 3.05) is 4.90 Å². The Morgan fingerprint density at radius 1 is 0.423 bits per heavy atom. The van der Waals surface area contributed by atoms with Crippen molar-refractivity contribution in [3.05, 3.63) is 175 Å². The average molecular weight is 686 g/mol. The van der Waals surface area contributed by atoms with Gasteiger partial charge in [0.15, 0.2) is 0 Å². The number of rotatable bonds is 6. The first-order chi connectivity index (χ1) is 25.8. The third kappa shape index (κ3) is 5.29. The first kappa shape index (κ1) is 31.1. The Morgan fingerprint density at radius 3 is 1.92 bits per heavy atom. The second-order valence-electron chi connectivity index (χ2n) is 14.3. The van der Waals surface area contributed by atoms with Crippen LogP contribution in [0, 0.1) is 0 Å². The molecule has 1 aliphatic carbocycles. The number of nitrogens with zero attached hydrogens (tertiary/aromatic N) is 1. The fraction of sp³-hybridized carbons (Fsp3) is 0.120. The summed E-state index contributed by atoms with van der Waals surface area (Å²) in [5.74, 6) is 0.609. The molecule has 0 unspecified atom stereocenters. The Kier molecular flexibility index (Phi) is 7.84. The van der Waals surface area contributed by atoms with Gasteiger partial charge in [-0.3, -0.25) is 0 Å². The largest absolute Gasteiger partial charge is 0.309 e. The lowest BCUT2D eigenvalue weighted by molar-refractivity contribution is 0.445. The normalized spacial score (nSPS) is 13.7. The van der Waals surface area contributed by atoms with Gasteiger partial charge in [-0.25, -0.2) is 0 Å². The van der Waals surface area contributed by atoms with Crippen molar-refractivity contribution in [3.8, 4) is 22.3 Å². The molecule has 0 bridgehead atoms. The van der Waals surface area contributed by atoms with Crippen LogP contribution in [0.2, 0.25) is 0 Å². The number of fused-ring (bicyclic) bond motifs is 5. The van der Waals surface area contributed by atoms with Crippen LogP contribution in [-0.4, -0.2) is 0 Å². The van der Waals surface area contributed by atoms with Crippen molar-refractivity contribution in [2.24, 2.45) is 0 Å². The van der Waals surface area contributed by atoms with Gasteiger partial charge in [0.25, 0.3) is 0 Å². The minimum Gasteiger partial charge on any atom is -0.309 e. The lowest BCUT2D eigenvalue weighted by Crippen LogP contribution is -2.12. The van der Waals surface area contributed by atoms with Crippen molar-refractivity contribution in [1.82, 2.24) is 0 Å². The fourth-order valence-corrected chi connectivity index (χ4v) is 9.99. The number of hydrogen-bond acceptors (Lipinski definition) is 2. The van der Waals surface area contributed by atoms with Gasteiger partial charge in [0, 0.05) is 36.8 Å². The third-order valence-corrected chi connectivity index (χ3v) is 12.4. The van der Waals surface area contributed by atoms with E-state index in [1.165, 1.54) is 113 Å². The molecule has 8 aromatic carbocycles. The summed E-state index contributed by atoms with van der Waals surface area (Å²) in [4.78, 5) is 2.49. The first-order valence-electron chi connectivity index (χ1n) is 18.7. The third-order valence-electron chi connectivity index (χ3n) is 11.3. The second-order valence-corrected chi connectivity index (χ2v) is 15.3. The fourth-order valence-electron chi connectivity index (χ4n) is 8.86. The average Bonchev–Trinajstić information content (AvgIpc) is 3.61. The summed E-state index contributed by atoms with van der Waals surface area (Å²) in [5.41, 5.74) is 10.1. The highest BCUT2D eigenvalue weighted by Gasteiger charge is 2.23. The lowest BCUT2D eigenvalue weighted by atomic mass is 9.80. The first-order valence-corrected chi connectivity index (χ1v) is 19.5. The van der Waals surface area contributed by atoms with Crippen LogP contribution < -0.4 is 4.90 Å². The Labute approximate surface area is 309 Å². The summed E-state index contributed by atoms with van der Waals surface area (Å²) in [7, 11) is 0. The van der Waals surface area contributed by atoms with Crippen molar-refractivity contribution in [1.29, 1.82) is 0 Å². The maximum absolute atomic E-state index is 2.49. The van der Waals surface area contributed by atoms with Gasteiger partial charge < -0.3 is 4.90 Å². The lowest BCUT2D eigenvalue weighted by Gasteiger charge is -2.30. The minimum absolute atomic E-state index is 0.609. The molecule has 1 aliphatic rings. The molecule has 9 aromatic rings. The predicted molar refractivity (Wildman–Crippen MR) is 226 cm³/mol. The molecule has 1 nitrogen and oxygen atoms in total. The molecule has 10 rings (SSSR count). The molecule has 1 saturated carbocycles. The monoisotopic (exact) mass is 685 g/mol. The number of hydrogen-bond donors (Lipinski definition) is 0. The molecule has 0 spiro atoms. The number of para-hydroxylation sites is 1. The van der Waals surface area contributed by atoms with E-state index in [9.17, 15) is 0 Å². The van der Waals surface area contributed by atoms with E-state index in [0.29, 0.717) is 5.92 Å². The van der Waals surface area contributed by atoms with E-state index in [1.54, 1.807) is 0 Å². The van der Waals surface area contributed by atoms with Crippen LogP contribution >= 0.6 is 11.3 Å². The van der Waals surface area contributed by atoms with Gasteiger partial charge in [0.1, 0.15) is 0 Å². The quantitative estimate of drug-likeness (QED) is 0.168. The van der Waals surface area contributed by atoms with Crippen molar-refractivity contribution in [2.45, 2.75) is 38.0 Å². The molecule has 0 atom stereocenters. The summed E-state index contributed by atoms with van der Waals surface area (Å²) < 4.78 is 2.66. The maximum atomic E-state index is 2.49. The van der Waals surface area contributed by atoms with Crippen LogP contribution in [0.1, 0.15) is 43.6 Å². The molecule has 0 N–H and O–H groups in total. The molecule has 2 heteroatoms. The smallest absolute Gasteiger partial charge is 0.0540 e. The summed E-state index contributed by atoms with van der Waals surface area (Å²) in [6.07, 6.45) is 6.55. The highest BCUT2D eigenvalue weighted by atomic mass is 32.1. The Hall–Kier alpha value is -5.70. The molecule has 52 heavy (non-hydrogen) atoms. The standard InChI is InChI=1S/C50H39NS/c1-2-14-35(15-3-1)40-23-10-18-37-19-11-25-43(49(37)40)42-21-6-8-26-46(42)51(45-27-12-17-34-16-4-5-20-39(34)45)38-32-30-36(31-33-38)41-24-13-29-48-50(41)44-22-7-9-28-47(44)52-48/h4-13,16-33,35H,1-3,14-15H2. The number of benzene rings is 8. The zero-order valence-corrected chi connectivity index (χ0v) is 30.0. The molecule has 0 aliphatic heterocycles. The Bertz CT molecular complexity index is 2720. The van der Waals surface area contributed by atoms with Gasteiger partial charge >= 0.3 is 0 Å². The van der Waals surface area contributed by atoms with E-state index in [2.05, 4.69) is 175 Å². The highest BCUT2D eigenvalue weighted by molar-refractivity contribution is 7.25. The molecule has 1 aromatic heterocycles. The zero-order valence-electron chi connectivity index (χ0n) is 29.1. The highest BCUT2D eigenvalue weighted by Crippen LogP contribution is 2.47. The van der Waals surface area contributed by atoms with E-state index in [4.69, 9.17) is 0 Å². The molecular weight excluding hydrogens is 647 g/mol. The number of thiophene rings is 1. The molecule has 0 saturated heterocycles. The molecule has 1 fully saturated rings. The van der Waals surface area contributed by atoms with Crippen molar-refractivity contribution < 1.29 is 0 Å². The van der Waals surface area contributed by atoms with Crippen LogP contribution in [0.25, 0.3) is 64.0 Å². The van der Waals surface area contributed by atoms with E-state index < -0.39 is 0 Å². The van der Waals surface area contributed by atoms with Gasteiger partial charge in [0.05, 0.1) is 11.4 Å². The second kappa shape index (κ2) is 13.1. The maximum Gasteiger partial charge on any atom is 0.0540 e.